The monoisotopic (exact) mass is 304 g/mol. The quantitative estimate of drug-likeness (QED) is 0.901. The molecule has 0 bridgehead atoms. The van der Waals surface area contributed by atoms with Gasteiger partial charge >= 0.3 is 12.0 Å². The Morgan fingerprint density at radius 1 is 1.23 bits per heavy atom. The van der Waals surface area contributed by atoms with E-state index in [-0.39, 0.29) is 17.6 Å². The molecule has 0 spiro atoms. The number of carboxylic acids is 1. The smallest absolute Gasteiger partial charge is 0.335 e. The summed E-state index contributed by atoms with van der Waals surface area (Å²) in [5, 5.41) is 11.8. The highest BCUT2D eigenvalue weighted by Crippen LogP contribution is 2.20. The predicted octanol–water partition coefficient (Wildman–Crippen LogP) is 3.10. The van der Waals surface area contributed by atoms with E-state index in [9.17, 15) is 9.59 Å². The molecule has 1 fully saturated rings. The van der Waals surface area contributed by atoms with E-state index < -0.39 is 5.97 Å². The summed E-state index contributed by atoms with van der Waals surface area (Å²) in [6.07, 6.45) is 3.39. The number of hydrogen-bond acceptors (Lipinski definition) is 2. The highest BCUT2D eigenvalue weighted by Gasteiger charge is 2.24. The van der Waals surface area contributed by atoms with Crippen molar-refractivity contribution in [3.8, 4) is 0 Å². The maximum atomic E-state index is 12.4. The van der Waals surface area contributed by atoms with Gasteiger partial charge in [-0.25, -0.2) is 9.59 Å². The Morgan fingerprint density at radius 2 is 1.91 bits per heavy atom. The average molecular weight is 304 g/mol. The third-order valence-corrected chi connectivity index (χ3v) is 4.26. The second kappa shape index (κ2) is 7.29. The molecule has 0 radical (unpaired) electrons. The van der Waals surface area contributed by atoms with Gasteiger partial charge in [0.1, 0.15) is 0 Å². The van der Waals surface area contributed by atoms with Crippen LogP contribution in [0.4, 0.5) is 4.79 Å². The summed E-state index contributed by atoms with van der Waals surface area (Å²) >= 11 is 0. The number of amides is 2. The fourth-order valence-corrected chi connectivity index (χ4v) is 2.85. The Hall–Kier alpha value is -2.04. The van der Waals surface area contributed by atoms with Gasteiger partial charge in [-0.1, -0.05) is 25.5 Å². The molecule has 1 heterocycles. The first-order chi connectivity index (χ1) is 10.5. The molecule has 1 aromatic carbocycles. The van der Waals surface area contributed by atoms with Crippen molar-refractivity contribution in [3.05, 3.63) is 35.4 Å². The second-order valence-corrected chi connectivity index (χ2v) is 6.20. The van der Waals surface area contributed by atoms with E-state index in [0.29, 0.717) is 12.5 Å². The summed E-state index contributed by atoms with van der Waals surface area (Å²) in [6.45, 7) is 5.49. The van der Waals surface area contributed by atoms with E-state index in [1.54, 1.807) is 24.3 Å². The van der Waals surface area contributed by atoms with Crippen molar-refractivity contribution in [2.24, 2.45) is 5.92 Å². The summed E-state index contributed by atoms with van der Waals surface area (Å²) in [5.74, 6) is -0.409. The number of carbonyl (C=O) groups excluding carboxylic acids is 1. The van der Waals surface area contributed by atoms with E-state index in [1.807, 2.05) is 4.90 Å². The molecule has 2 amide bonds. The summed E-state index contributed by atoms with van der Waals surface area (Å²) in [7, 11) is 0. The van der Waals surface area contributed by atoms with Crippen LogP contribution < -0.4 is 5.32 Å². The van der Waals surface area contributed by atoms with Crippen molar-refractivity contribution >= 4 is 12.0 Å². The van der Waals surface area contributed by atoms with Crippen LogP contribution in [0.25, 0.3) is 0 Å². The average Bonchev–Trinajstić information content (AvgIpc) is 2.66. The summed E-state index contributed by atoms with van der Waals surface area (Å²) < 4.78 is 0. The maximum absolute atomic E-state index is 12.4. The molecular formula is C17H24N2O3. The highest BCUT2D eigenvalue weighted by molar-refractivity contribution is 5.87. The third kappa shape index (κ3) is 4.23. The Bertz CT molecular complexity index is 527. The van der Waals surface area contributed by atoms with Gasteiger partial charge in [0.25, 0.3) is 0 Å². The fourth-order valence-electron chi connectivity index (χ4n) is 2.85. The SMILES string of the molecule is CC1CCCC(C)N(C(=O)NCc2ccc(C(=O)O)cc2)C1. The molecule has 2 rings (SSSR count). The van der Waals surface area contributed by atoms with Gasteiger partial charge in [0, 0.05) is 19.1 Å². The van der Waals surface area contributed by atoms with Crippen molar-refractivity contribution in [1.29, 1.82) is 0 Å². The molecule has 2 atom stereocenters. The van der Waals surface area contributed by atoms with Crippen LogP contribution in [0.1, 0.15) is 49.0 Å². The molecule has 1 aromatic rings. The summed E-state index contributed by atoms with van der Waals surface area (Å²) in [5.41, 5.74) is 1.15. The van der Waals surface area contributed by atoms with Crippen molar-refractivity contribution in [2.75, 3.05) is 6.54 Å². The van der Waals surface area contributed by atoms with Crippen LogP contribution in [0.2, 0.25) is 0 Å². The molecule has 0 aromatic heterocycles. The van der Waals surface area contributed by atoms with Gasteiger partial charge in [0.05, 0.1) is 5.56 Å². The molecule has 0 aliphatic carbocycles. The van der Waals surface area contributed by atoms with Gasteiger partial charge < -0.3 is 15.3 Å². The standard InChI is InChI=1S/C17H24N2O3/c1-12-4-3-5-13(2)19(11-12)17(22)18-10-14-6-8-15(9-7-14)16(20)21/h6-9,12-13H,3-5,10-11H2,1-2H3,(H,18,22)(H,20,21). The fraction of sp³-hybridized carbons (Fsp3) is 0.529. The zero-order valence-corrected chi connectivity index (χ0v) is 13.2. The van der Waals surface area contributed by atoms with Crippen LogP contribution in [-0.4, -0.2) is 34.6 Å². The Balaban J connectivity index is 1.92. The number of benzene rings is 1. The minimum Gasteiger partial charge on any atom is -0.478 e. The van der Waals surface area contributed by atoms with E-state index in [1.165, 1.54) is 12.8 Å². The first-order valence-corrected chi connectivity index (χ1v) is 7.84. The first-order valence-electron chi connectivity index (χ1n) is 7.84. The third-order valence-electron chi connectivity index (χ3n) is 4.26. The lowest BCUT2D eigenvalue weighted by molar-refractivity contribution is 0.0697. The number of hydrogen-bond donors (Lipinski definition) is 2. The second-order valence-electron chi connectivity index (χ2n) is 6.20. The topological polar surface area (TPSA) is 69.6 Å². The molecule has 22 heavy (non-hydrogen) atoms. The van der Waals surface area contributed by atoms with Gasteiger partial charge in [-0.2, -0.15) is 0 Å². The van der Waals surface area contributed by atoms with Crippen molar-refractivity contribution in [3.63, 3.8) is 0 Å². The minimum absolute atomic E-state index is 0.0384. The van der Waals surface area contributed by atoms with Gasteiger partial charge in [-0.3, -0.25) is 0 Å². The number of carboxylic acid groups (broad SMARTS) is 1. The normalized spacial score (nSPS) is 22.0. The number of nitrogens with zero attached hydrogens (tertiary/aromatic N) is 1. The molecule has 1 aliphatic heterocycles. The van der Waals surface area contributed by atoms with Crippen LogP contribution in [0.15, 0.2) is 24.3 Å². The van der Waals surface area contributed by atoms with Gasteiger partial charge in [-0.15, -0.1) is 0 Å². The molecule has 5 nitrogen and oxygen atoms in total. The van der Waals surface area contributed by atoms with Crippen LogP contribution in [0, 0.1) is 5.92 Å². The number of nitrogens with one attached hydrogen (secondary N) is 1. The Kier molecular flexibility index (Phi) is 5.41. The molecule has 120 valence electrons. The van der Waals surface area contributed by atoms with E-state index in [4.69, 9.17) is 5.11 Å². The van der Waals surface area contributed by atoms with Crippen molar-refractivity contribution < 1.29 is 14.7 Å². The number of rotatable bonds is 3. The first kappa shape index (κ1) is 16.3. The maximum Gasteiger partial charge on any atom is 0.335 e. The molecule has 1 saturated heterocycles. The van der Waals surface area contributed by atoms with E-state index in [2.05, 4.69) is 19.2 Å². The lowest BCUT2D eigenvalue weighted by atomic mass is 10.1. The van der Waals surface area contributed by atoms with Gasteiger partial charge in [-0.05, 0) is 43.4 Å². The number of likely N-dealkylation sites (tertiary alicyclic amines) is 1. The highest BCUT2D eigenvalue weighted by atomic mass is 16.4. The van der Waals surface area contributed by atoms with Crippen molar-refractivity contribution in [2.45, 2.75) is 45.7 Å². The van der Waals surface area contributed by atoms with Crippen LogP contribution >= 0.6 is 0 Å². The summed E-state index contributed by atoms with van der Waals surface area (Å²) in [4.78, 5) is 25.1. The van der Waals surface area contributed by atoms with E-state index >= 15 is 0 Å². The Labute approximate surface area is 131 Å². The lowest BCUT2D eigenvalue weighted by Crippen LogP contribution is -2.45. The van der Waals surface area contributed by atoms with Crippen LogP contribution in [0.3, 0.4) is 0 Å². The molecule has 2 unspecified atom stereocenters. The molecule has 1 aliphatic rings. The van der Waals surface area contributed by atoms with Gasteiger partial charge in [0.2, 0.25) is 0 Å². The number of carbonyl (C=O) groups is 2. The Morgan fingerprint density at radius 3 is 2.55 bits per heavy atom. The molecule has 0 saturated carbocycles. The summed E-state index contributed by atoms with van der Waals surface area (Å²) in [6, 6.07) is 6.81. The largest absolute Gasteiger partial charge is 0.478 e. The molecule has 2 N–H and O–H groups in total. The molecular weight excluding hydrogens is 280 g/mol. The minimum atomic E-state index is -0.942. The molecule has 5 heteroatoms. The van der Waals surface area contributed by atoms with Crippen LogP contribution in [0.5, 0.6) is 0 Å². The predicted molar refractivity (Wildman–Crippen MR) is 84.8 cm³/mol. The zero-order valence-electron chi connectivity index (χ0n) is 13.2. The van der Waals surface area contributed by atoms with Crippen molar-refractivity contribution in [1.82, 2.24) is 10.2 Å². The van der Waals surface area contributed by atoms with E-state index in [0.717, 1.165) is 18.5 Å². The van der Waals surface area contributed by atoms with Crippen LogP contribution in [-0.2, 0) is 6.54 Å². The number of urea groups is 1. The van der Waals surface area contributed by atoms with Gasteiger partial charge in [0.15, 0.2) is 0 Å². The lowest BCUT2D eigenvalue weighted by Gasteiger charge is -2.28. The number of aromatic carboxylic acids is 1. The zero-order chi connectivity index (χ0) is 16.1.